The highest BCUT2D eigenvalue weighted by Gasteiger charge is 2.05. The first kappa shape index (κ1) is 13.1. The summed E-state index contributed by atoms with van der Waals surface area (Å²) >= 11 is 3.47. The summed E-state index contributed by atoms with van der Waals surface area (Å²) in [5, 5.41) is 0. The third-order valence-corrected chi connectivity index (χ3v) is 3.27. The van der Waals surface area contributed by atoms with Gasteiger partial charge in [0.1, 0.15) is 5.75 Å². The van der Waals surface area contributed by atoms with Crippen molar-refractivity contribution in [2.24, 2.45) is 0 Å². The summed E-state index contributed by atoms with van der Waals surface area (Å²) in [6, 6.07) is 14.5. The van der Waals surface area contributed by atoms with Crippen LogP contribution in [0.5, 0.6) is 5.75 Å². The molecule has 0 radical (unpaired) electrons. The van der Waals surface area contributed by atoms with Crippen molar-refractivity contribution in [1.82, 2.24) is 0 Å². The fraction of sp³-hybridized carbons (Fsp3) is 0.200. The van der Waals surface area contributed by atoms with Gasteiger partial charge in [-0.2, -0.15) is 0 Å². The molecule has 0 N–H and O–H groups in total. The lowest BCUT2D eigenvalue weighted by Crippen LogP contribution is -1.99. The van der Waals surface area contributed by atoms with E-state index in [1.165, 1.54) is 11.1 Å². The van der Waals surface area contributed by atoms with Gasteiger partial charge in [-0.1, -0.05) is 35.9 Å². The van der Waals surface area contributed by atoms with Crippen molar-refractivity contribution in [3.05, 3.63) is 52.5 Å². The fourth-order valence-corrected chi connectivity index (χ4v) is 2.10. The van der Waals surface area contributed by atoms with Crippen molar-refractivity contribution < 1.29 is 9.47 Å². The Balaban J connectivity index is 2.34. The number of methoxy groups -OCH3 is 1. The first-order chi connectivity index (χ1) is 8.70. The average Bonchev–Trinajstić information content (AvgIpc) is 2.38. The molecule has 0 aliphatic heterocycles. The molecule has 0 spiro atoms. The summed E-state index contributed by atoms with van der Waals surface area (Å²) in [5.74, 6) is 0.788. The van der Waals surface area contributed by atoms with Gasteiger partial charge in [-0.15, -0.1) is 0 Å². The van der Waals surface area contributed by atoms with E-state index in [0.29, 0.717) is 0 Å². The van der Waals surface area contributed by atoms with Crippen LogP contribution in [0.2, 0.25) is 0 Å². The molecule has 3 heteroatoms. The number of hydrogen-bond acceptors (Lipinski definition) is 2. The smallest absolute Gasteiger partial charge is 0.188 e. The van der Waals surface area contributed by atoms with Crippen LogP contribution >= 0.6 is 15.9 Å². The van der Waals surface area contributed by atoms with Gasteiger partial charge in [-0.25, -0.2) is 0 Å². The van der Waals surface area contributed by atoms with Gasteiger partial charge in [-0.05, 0) is 46.1 Å². The van der Waals surface area contributed by atoms with E-state index in [9.17, 15) is 0 Å². The lowest BCUT2D eigenvalue weighted by molar-refractivity contribution is 0.0506. The highest BCUT2D eigenvalue weighted by atomic mass is 79.9. The number of benzene rings is 2. The Kier molecular flexibility index (Phi) is 4.39. The predicted octanol–water partition coefficient (Wildman–Crippen LogP) is 4.41. The SMILES string of the molecule is COCOc1cc(-c2cccc(C)c2)ccc1Br. The zero-order valence-corrected chi connectivity index (χ0v) is 12.0. The Hall–Kier alpha value is -1.32. The molecule has 0 saturated carbocycles. The summed E-state index contributed by atoms with van der Waals surface area (Å²) in [7, 11) is 1.61. The minimum atomic E-state index is 0.246. The second-order valence-electron chi connectivity index (χ2n) is 4.07. The van der Waals surface area contributed by atoms with Crippen molar-refractivity contribution in [2.45, 2.75) is 6.92 Å². The van der Waals surface area contributed by atoms with Gasteiger partial charge in [-0.3, -0.25) is 0 Å². The molecule has 0 aliphatic rings. The van der Waals surface area contributed by atoms with E-state index >= 15 is 0 Å². The molecular weight excluding hydrogens is 292 g/mol. The van der Waals surface area contributed by atoms with Gasteiger partial charge in [0.2, 0.25) is 0 Å². The van der Waals surface area contributed by atoms with Crippen LogP contribution in [-0.2, 0) is 4.74 Å². The van der Waals surface area contributed by atoms with E-state index in [1.54, 1.807) is 7.11 Å². The molecular formula is C15H15BrO2. The van der Waals surface area contributed by atoms with Crippen LogP contribution in [0.25, 0.3) is 11.1 Å². The number of halogens is 1. The summed E-state index contributed by atoms with van der Waals surface area (Å²) in [6.07, 6.45) is 0. The van der Waals surface area contributed by atoms with Crippen molar-refractivity contribution >= 4 is 15.9 Å². The molecule has 0 unspecified atom stereocenters. The highest BCUT2D eigenvalue weighted by Crippen LogP contribution is 2.31. The van der Waals surface area contributed by atoms with Crippen LogP contribution in [0.15, 0.2) is 46.9 Å². The Morgan fingerprint density at radius 2 is 1.83 bits per heavy atom. The molecule has 0 heterocycles. The zero-order valence-electron chi connectivity index (χ0n) is 10.4. The maximum atomic E-state index is 5.51. The number of aryl methyl sites for hydroxylation is 1. The lowest BCUT2D eigenvalue weighted by Gasteiger charge is -2.10. The standard InChI is InChI=1S/C15H15BrO2/c1-11-4-3-5-12(8-11)13-6-7-14(16)15(9-13)18-10-17-2/h3-9H,10H2,1-2H3. The molecule has 0 bridgehead atoms. The lowest BCUT2D eigenvalue weighted by atomic mass is 10.0. The quantitative estimate of drug-likeness (QED) is 0.779. The molecule has 0 saturated heterocycles. The van der Waals surface area contributed by atoms with Crippen LogP contribution in [-0.4, -0.2) is 13.9 Å². The summed E-state index contributed by atoms with van der Waals surface area (Å²) < 4.78 is 11.4. The number of rotatable bonds is 4. The third-order valence-electron chi connectivity index (χ3n) is 2.61. The minimum absolute atomic E-state index is 0.246. The highest BCUT2D eigenvalue weighted by molar-refractivity contribution is 9.10. The van der Waals surface area contributed by atoms with E-state index < -0.39 is 0 Å². The molecule has 0 aliphatic carbocycles. The largest absolute Gasteiger partial charge is 0.466 e. The molecule has 2 aromatic carbocycles. The molecule has 2 nitrogen and oxygen atoms in total. The predicted molar refractivity (Wildman–Crippen MR) is 76.8 cm³/mol. The normalized spacial score (nSPS) is 10.4. The molecule has 18 heavy (non-hydrogen) atoms. The van der Waals surface area contributed by atoms with Crippen LogP contribution in [0.1, 0.15) is 5.56 Å². The first-order valence-corrected chi connectivity index (χ1v) is 6.48. The monoisotopic (exact) mass is 306 g/mol. The maximum absolute atomic E-state index is 5.51. The van der Waals surface area contributed by atoms with Crippen molar-refractivity contribution in [2.75, 3.05) is 13.9 Å². The number of hydrogen-bond donors (Lipinski definition) is 0. The molecule has 0 atom stereocenters. The number of ether oxygens (including phenoxy) is 2. The topological polar surface area (TPSA) is 18.5 Å². The van der Waals surface area contributed by atoms with E-state index in [1.807, 2.05) is 12.1 Å². The summed E-state index contributed by atoms with van der Waals surface area (Å²) in [4.78, 5) is 0. The van der Waals surface area contributed by atoms with Crippen LogP contribution in [0.3, 0.4) is 0 Å². The molecule has 0 fully saturated rings. The Labute approximate surface area is 116 Å². The van der Waals surface area contributed by atoms with Gasteiger partial charge < -0.3 is 9.47 Å². The van der Waals surface area contributed by atoms with Crippen LogP contribution < -0.4 is 4.74 Å². The Morgan fingerprint density at radius 3 is 2.56 bits per heavy atom. The second kappa shape index (κ2) is 6.03. The van der Waals surface area contributed by atoms with Gasteiger partial charge in [0.25, 0.3) is 0 Å². The van der Waals surface area contributed by atoms with Gasteiger partial charge in [0.15, 0.2) is 6.79 Å². The molecule has 94 valence electrons. The van der Waals surface area contributed by atoms with Gasteiger partial charge >= 0.3 is 0 Å². The Morgan fingerprint density at radius 1 is 1.06 bits per heavy atom. The molecule has 2 aromatic rings. The average molecular weight is 307 g/mol. The molecule has 2 rings (SSSR count). The van der Waals surface area contributed by atoms with E-state index in [4.69, 9.17) is 9.47 Å². The minimum Gasteiger partial charge on any atom is -0.466 e. The van der Waals surface area contributed by atoms with E-state index in [0.717, 1.165) is 15.8 Å². The van der Waals surface area contributed by atoms with Crippen molar-refractivity contribution in [1.29, 1.82) is 0 Å². The molecule has 0 aromatic heterocycles. The van der Waals surface area contributed by atoms with E-state index in [2.05, 4.69) is 53.2 Å². The first-order valence-electron chi connectivity index (χ1n) is 5.69. The van der Waals surface area contributed by atoms with Crippen LogP contribution in [0, 0.1) is 6.92 Å². The van der Waals surface area contributed by atoms with Crippen LogP contribution in [0.4, 0.5) is 0 Å². The van der Waals surface area contributed by atoms with Crippen molar-refractivity contribution in [3.8, 4) is 16.9 Å². The molecule has 0 amide bonds. The van der Waals surface area contributed by atoms with E-state index in [-0.39, 0.29) is 6.79 Å². The van der Waals surface area contributed by atoms with Gasteiger partial charge in [0.05, 0.1) is 4.47 Å². The maximum Gasteiger partial charge on any atom is 0.188 e. The second-order valence-corrected chi connectivity index (χ2v) is 4.92. The summed E-state index contributed by atoms with van der Waals surface area (Å²) in [6.45, 7) is 2.33. The zero-order chi connectivity index (χ0) is 13.0. The summed E-state index contributed by atoms with van der Waals surface area (Å²) in [5.41, 5.74) is 3.56. The fourth-order valence-electron chi connectivity index (χ4n) is 1.74. The van der Waals surface area contributed by atoms with Gasteiger partial charge in [0, 0.05) is 7.11 Å². The third kappa shape index (κ3) is 3.12. The Bertz CT molecular complexity index is 538. The van der Waals surface area contributed by atoms with Crippen molar-refractivity contribution in [3.63, 3.8) is 0 Å².